The van der Waals surface area contributed by atoms with Crippen molar-refractivity contribution in [1.82, 2.24) is 0 Å². The summed E-state index contributed by atoms with van der Waals surface area (Å²) in [7, 11) is 0. The highest BCUT2D eigenvalue weighted by Crippen LogP contribution is 2.62. The molecule has 0 bridgehead atoms. The first kappa shape index (κ1) is 53.9. The molecular formula is C57H78N2O9S. The van der Waals surface area contributed by atoms with E-state index in [0.29, 0.717) is 36.3 Å². The molecular weight excluding hydrogens is 889 g/mol. The van der Waals surface area contributed by atoms with E-state index in [1.807, 2.05) is 30.0 Å². The molecule has 6 atom stereocenters. The van der Waals surface area contributed by atoms with Crippen molar-refractivity contribution >= 4 is 29.4 Å². The van der Waals surface area contributed by atoms with Gasteiger partial charge in [0.15, 0.2) is 0 Å². The van der Waals surface area contributed by atoms with Crippen LogP contribution in [0.4, 0.5) is 5.69 Å². The standard InChI is InChI=1S/C57H78N2O9S/c1-3-5-6-7-8-9-10-11-12-13-14-15-16-21-36-69-54-40-52(58-66-42-43-27-29-46(30-28-43)59(63)64)50-38-45(24-17-19-33-60)49(26-18-20-34-61)55-51-39-48(67-47-25-22-23-44(37-47)41-62)31-32-53(51)68-57(54,56(50)55)65-35-4-2/h4,22-23,25,27-32,37-39,41,45,49,54-56,60-61H,2-3,5-21,24,26,33-36,40,42H2,1H3/t45-,49+,54-,55+,56+,57+/m0/s1. The first-order valence-electron chi connectivity index (χ1n) is 26.1. The summed E-state index contributed by atoms with van der Waals surface area (Å²) in [6, 6.07) is 19.5. The number of oxime groups is 1. The van der Waals surface area contributed by atoms with E-state index in [2.05, 4.69) is 25.6 Å². The Bertz CT molecular complexity index is 2110. The van der Waals surface area contributed by atoms with Crippen LogP contribution in [0, 0.1) is 27.9 Å². The molecule has 3 aromatic rings. The number of rotatable bonds is 34. The zero-order chi connectivity index (χ0) is 48.7. The van der Waals surface area contributed by atoms with Gasteiger partial charge in [-0.25, -0.2) is 0 Å². The van der Waals surface area contributed by atoms with Gasteiger partial charge < -0.3 is 29.3 Å². The third-order valence-electron chi connectivity index (χ3n) is 14.2. The maximum atomic E-state index is 11.7. The van der Waals surface area contributed by atoms with Crippen molar-refractivity contribution in [1.29, 1.82) is 0 Å². The lowest BCUT2D eigenvalue weighted by atomic mass is 9.56. The molecule has 0 spiro atoms. The van der Waals surface area contributed by atoms with Crippen molar-refractivity contribution in [3.05, 3.63) is 118 Å². The third-order valence-corrected chi connectivity index (χ3v) is 15.6. The van der Waals surface area contributed by atoms with Crippen LogP contribution in [0.15, 0.2) is 96.2 Å². The van der Waals surface area contributed by atoms with Crippen LogP contribution in [-0.2, 0) is 16.2 Å². The van der Waals surface area contributed by atoms with Crippen LogP contribution in [0.25, 0.3) is 0 Å². The fourth-order valence-corrected chi connectivity index (χ4v) is 12.2. The van der Waals surface area contributed by atoms with Gasteiger partial charge in [0.1, 0.15) is 30.1 Å². The predicted octanol–water partition coefficient (Wildman–Crippen LogP) is 14.2. The average Bonchev–Trinajstić information content (AvgIpc) is 3.36. The predicted molar refractivity (Wildman–Crippen MR) is 278 cm³/mol. The number of aliphatic hydroxyl groups excluding tert-OH is 2. The average molecular weight is 967 g/mol. The molecule has 1 fully saturated rings. The topological polar surface area (TPSA) is 150 Å². The van der Waals surface area contributed by atoms with E-state index < -0.39 is 10.7 Å². The minimum absolute atomic E-state index is 0.0201. The number of thioether (sulfide) groups is 1. The summed E-state index contributed by atoms with van der Waals surface area (Å²) < 4.78 is 21.0. The SMILES string of the molecule is C=CCO[C@@]12Oc3ccc(Oc4cccc(C=O)c4)cc3[C@H]3[C@H](CCCCO)[C@@H](CCCCO)C=C(C(=NOCc4ccc([N+](=O)[O-])cc4)C[C@@H]1SCCCCCCCCCCCCCCCC)[C@H]32. The van der Waals surface area contributed by atoms with Gasteiger partial charge >= 0.3 is 0 Å². The highest BCUT2D eigenvalue weighted by Gasteiger charge is 2.64. The number of aliphatic hydroxyl groups is 2. The van der Waals surface area contributed by atoms with Crippen molar-refractivity contribution in [3.8, 4) is 17.2 Å². The molecule has 1 aliphatic heterocycles. The number of carbonyl (C=O) groups is 1. The smallest absolute Gasteiger partial charge is 0.269 e. The number of allylic oxidation sites excluding steroid dienone is 1. The van der Waals surface area contributed by atoms with Gasteiger partial charge in [0, 0.05) is 48.8 Å². The van der Waals surface area contributed by atoms with Crippen molar-refractivity contribution in [2.24, 2.45) is 22.9 Å². The van der Waals surface area contributed by atoms with Gasteiger partial charge in [0.2, 0.25) is 5.79 Å². The van der Waals surface area contributed by atoms with Gasteiger partial charge in [0.25, 0.3) is 5.69 Å². The molecule has 6 rings (SSSR count). The molecule has 1 heterocycles. The molecule has 12 heteroatoms. The number of carbonyl (C=O) groups excluding carboxylic acids is 1. The zero-order valence-corrected chi connectivity index (χ0v) is 41.9. The number of hydrogen-bond donors (Lipinski definition) is 2. The monoisotopic (exact) mass is 967 g/mol. The fourth-order valence-electron chi connectivity index (χ4n) is 10.7. The second-order valence-corrected chi connectivity index (χ2v) is 20.5. The molecule has 3 aliphatic rings. The molecule has 0 aromatic heterocycles. The highest BCUT2D eigenvalue weighted by atomic mass is 32.2. The molecule has 2 N–H and O–H groups in total. The van der Waals surface area contributed by atoms with Crippen LogP contribution in [-0.4, -0.2) is 63.7 Å². The number of unbranched alkanes of at least 4 members (excludes halogenated alkanes) is 15. The Morgan fingerprint density at radius 2 is 1.51 bits per heavy atom. The van der Waals surface area contributed by atoms with E-state index in [0.717, 1.165) is 72.3 Å². The van der Waals surface area contributed by atoms with E-state index >= 15 is 0 Å². The maximum absolute atomic E-state index is 11.7. The lowest BCUT2D eigenvalue weighted by Gasteiger charge is -2.58. The number of aldehydes is 1. The van der Waals surface area contributed by atoms with Crippen LogP contribution >= 0.6 is 11.8 Å². The summed E-state index contributed by atoms with van der Waals surface area (Å²) in [6.07, 6.45) is 28.6. The Labute approximate surface area is 415 Å². The Hall–Kier alpha value is -4.49. The van der Waals surface area contributed by atoms with Gasteiger partial charge in [-0.1, -0.05) is 133 Å². The molecule has 11 nitrogen and oxygen atoms in total. The van der Waals surface area contributed by atoms with Crippen LogP contribution in [0.2, 0.25) is 0 Å². The van der Waals surface area contributed by atoms with Gasteiger partial charge in [-0.15, -0.1) is 6.58 Å². The molecule has 69 heavy (non-hydrogen) atoms. The summed E-state index contributed by atoms with van der Waals surface area (Å²) in [4.78, 5) is 28.9. The minimum Gasteiger partial charge on any atom is -0.460 e. The number of non-ortho nitro benzene ring substituents is 1. The highest BCUT2D eigenvalue weighted by molar-refractivity contribution is 8.00. The largest absolute Gasteiger partial charge is 0.460 e. The van der Waals surface area contributed by atoms with E-state index in [-0.39, 0.29) is 61.0 Å². The van der Waals surface area contributed by atoms with Gasteiger partial charge in [-0.3, -0.25) is 14.9 Å². The first-order valence-corrected chi connectivity index (χ1v) is 27.2. The van der Waals surface area contributed by atoms with Gasteiger partial charge in [-0.05, 0) is 103 Å². The van der Waals surface area contributed by atoms with E-state index in [9.17, 15) is 25.1 Å². The quantitative estimate of drug-likeness (QED) is 0.0195. The van der Waals surface area contributed by atoms with Crippen molar-refractivity contribution in [3.63, 3.8) is 0 Å². The second-order valence-electron chi connectivity index (χ2n) is 19.2. The van der Waals surface area contributed by atoms with Crippen LogP contribution < -0.4 is 9.47 Å². The molecule has 376 valence electrons. The summed E-state index contributed by atoms with van der Waals surface area (Å²) in [5.41, 5.74) is 4.20. The number of ether oxygens (including phenoxy) is 3. The normalized spacial score (nSPS) is 22.0. The van der Waals surface area contributed by atoms with Crippen molar-refractivity contribution in [2.45, 2.75) is 165 Å². The lowest BCUT2D eigenvalue weighted by Crippen LogP contribution is -2.64. The fraction of sp³-hybridized carbons (Fsp3) is 0.579. The number of hydrogen-bond acceptors (Lipinski definition) is 11. The number of nitro groups is 1. The van der Waals surface area contributed by atoms with Crippen molar-refractivity contribution < 1.29 is 39.0 Å². The summed E-state index contributed by atoms with van der Waals surface area (Å²) in [5.74, 6) is 1.62. The van der Waals surface area contributed by atoms with Crippen LogP contribution in [0.5, 0.6) is 17.2 Å². The van der Waals surface area contributed by atoms with E-state index in [1.54, 1.807) is 36.4 Å². The Morgan fingerprint density at radius 1 is 0.841 bits per heavy atom. The molecule has 1 saturated carbocycles. The minimum atomic E-state index is -1.08. The Morgan fingerprint density at radius 3 is 2.16 bits per heavy atom. The second kappa shape index (κ2) is 29.0. The number of nitro benzene ring substituents is 1. The first-order chi connectivity index (χ1) is 33.8. The van der Waals surface area contributed by atoms with Gasteiger partial charge in [0.05, 0.1) is 28.4 Å². The van der Waals surface area contributed by atoms with E-state index in [4.69, 9.17) is 24.2 Å². The van der Waals surface area contributed by atoms with Crippen molar-refractivity contribution in [2.75, 3.05) is 25.6 Å². The summed E-state index contributed by atoms with van der Waals surface area (Å²) in [6.45, 7) is 7.02. The number of fused-ring (bicyclic) bond motifs is 2. The molecule has 0 radical (unpaired) electrons. The molecule has 0 saturated heterocycles. The van der Waals surface area contributed by atoms with E-state index in [1.165, 1.54) is 95.6 Å². The Balaban J connectivity index is 1.31. The molecule has 2 aliphatic carbocycles. The maximum Gasteiger partial charge on any atom is 0.269 e. The summed E-state index contributed by atoms with van der Waals surface area (Å²) in [5, 5.41) is 36.1. The zero-order valence-electron chi connectivity index (χ0n) is 41.1. The molecule has 0 amide bonds. The number of nitrogens with zero attached hydrogens (tertiary/aromatic N) is 2. The summed E-state index contributed by atoms with van der Waals surface area (Å²) >= 11 is 1.89. The Kier molecular flexibility index (Phi) is 22.6. The van der Waals surface area contributed by atoms with Crippen LogP contribution in [0.3, 0.4) is 0 Å². The molecule has 0 unspecified atom stereocenters. The lowest BCUT2D eigenvalue weighted by molar-refractivity contribution is -0.384. The number of benzene rings is 3. The van der Waals surface area contributed by atoms with Gasteiger partial charge in [-0.2, -0.15) is 11.8 Å². The third kappa shape index (κ3) is 15.3. The van der Waals surface area contributed by atoms with Crippen LogP contribution in [0.1, 0.15) is 169 Å². The molecule has 3 aromatic carbocycles.